The lowest BCUT2D eigenvalue weighted by Crippen LogP contribution is -2.35. The first-order valence-electron chi connectivity index (χ1n) is 7.39. The van der Waals surface area contributed by atoms with Crippen LogP contribution in [0.5, 0.6) is 5.75 Å². The number of ether oxygens (including phenoxy) is 1. The second-order valence-corrected chi connectivity index (χ2v) is 5.48. The second kappa shape index (κ2) is 8.44. The zero-order valence-electron chi connectivity index (χ0n) is 12.7. The summed E-state index contributed by atoms with van der Waals surface area (Å²) in [6.07, 6.45) is 0.916. The van der Waals surface area contributed by atoms with E-state index in [0.29, 0.717) is 17.3 Å². The number of rotatable bonds is 7. The maximum atomic E-state index is 12.4. The Morgan fingerprint density at radius 3 is 2.41 bits per heavy atom. The van der Waals surface area contributed by atoms with Gasteiger partial charge in [-0.3, -0.25) is 4.79 Å². The van der Waals surface area contributed by atoms with Gasteiger partial charge in [-0.15, -0.1) is 0 Å². The molecule has 0 aliphatic heterocycles. The van der Waals surface area contributed by atoms with Crippen molar-refractivity contribution in [1.29, 1.82) is 0 Å². The number of carbonyl (C=O) groups excluding carboxylic acids is 1. The van der Waals surface area contributed by atoms with Gasteiger partial charge in [0.05, 0.1) is 0 Å². The molecule has 0 spiro atoms. The summed E-state index contributed by atoms with van der Waals surface area (Å²) in [6.45, 7) is 3.43. The molecule has 0 fully saturated rings. The molecule has 3 nitrogen and oxygen atoms in total. The lowest BCUT2D eigenvalue weighted by molar-refractivity contribution is -0.134. The summed E-state index contributed by atoms with van der Waals surface area (Å²) in [6, 6.07) is 17.0. The van der Waals surface area contributed by atoms with Crippen LogP contribution in [0.4, 0.5) is 0 Å². The molecule has 0 atom stereocenters. The first-order valence-corrected chi connectivity index (χ1v) is 7.77. The lowest BCUT2D eigenvalue weighted by Gasteiger charge is -2.22. The van der Waals surface area contributed by atoms with Gasteiger partial charge < -0.3 is 9.64 Å². The molecule has 0 heterocycles. The van der Waals surface area contributed by atoms with E-state index in [4.69, 9.17) is 16.3 Å². The SMILES string of the molecule is CCCN(Cc1ccccc1)C(=O)COc1ccc(Cl)cc1. The Labute approximate surface area is 136 Å². The maximum absolute atomic E-state index is 12.4. The summed E-state index contributed by atoms with van der Waals surface area (Å²) < 4.78 is 5.54. The average molecular weight is 318 g/mol. The number of carbonyl (C=O) groups is 1. The van der Waals surface area contributed by atoms with Crippen LogP contribution in [0.25, 0.3) is 0 Å². The van der Waals surface area contributed by atoms with Gasteiger partial charge in [-0.2, -0.15) is 0 Å². The van der Waals surface area contributed by atoms with E-state index < -0.39 is 0 Å². The van der Waals surface area contributed by atoms with E-state index in [1.165, 1.54) is 0 Å². The Kier molecular flexibility index (Phi) is 6.28. The molecule has 2 rings (SSSR count). The maximum Gasteiger partial charge on any atom is 0.260 e. The predicted molar refractivity (Wildman–Crippen MR) is 89.1 cm³/mol. The molecule has 0 saturated heterocycles. The van der Waals surface area contributed by atoms with Gasteiger partial charge in [-0.05, 0) is 36.2 Å². The predicted octanol–water partition coefficient (Wildman–Crippen LogP) is 4.16. The van der Waals surface area contributed by atoms with Crippen molar-refractivity contribution in [1.82, 2.24) is 4.90 Å². The van der Waals surface area contributed by atoms with Crippen LogP contribution in [0, 0.1) is 0 Å². The summed E-state index contributed by atoms with van der Waals surface area (Å²) in [5.41, 5.74) is 1.12. The fourth-order valence-corrected chi connectivity index (χ4v) is 2.26. The third-order valence-electron chi connectivity index (χ3n) is 3.24. The van der Waals surface area contributed by atoms with E-state index in [1.54, 1.807) is 24.3 Å². The Morgan fingerprint density at radius 2 is 1.77 bits per heavy atom. The highest BCUT2D eigenvalue weighted by Crippen LogP contribution is 2.15. The molecule has 0 unspecified atom stereocenters. The Hall–Kier alpha value is -2.00. The number of halogens is 1. The molecule has 0 N–H and O–H groups in total. The van der Waals surface area contributed by atoms with E-state index in [0.717, 1.165) is 18.5 Å². The summed E-state index contributed by atoms with van der Waals surface area (Å²) in [7, 11) is 0. The smallest absolute Gasteiger partial charge is 0.260 e. The van der Waals surface area contributed by atoms with Crippen LogP contribution < -0.4 is 4.74 Å². The van der Waals surface area contributed by atoms with Crippen molar-refractivity contribution in [2.24, 2.45) is 0 Å². The van der Waals surface area contributed by atoms with E-state index in [-0.39, 0.29) is 12.5 Å². The highest BCUT2D eigenvalue weighted by Gasteiger charge is 2.13. The fourth-order valence-electron chi connectivity index (χ4n) is 2.13. The molecular weight excluding hydrogens is 298 g/mol. The van der Waals surface area contributed by atoms with Crippen LogP contribution in [-0.2, 0) is 11.3 Å². The third kappa shape index (κ3) is 5.08. The molecule has 22 heavy (non-hydrogen) atoms. The van der Waals surface area contributed by atoms with Gasteiger partial charge in [-0.1, -0.05) is 48.9 Å². The molecule has 116 valence electrons. The molecule has 0 radical (unpaired) electrons. The average Bonchev–Trinajstić information content (AvgIpc) is 2.54. The van der Waals surface area contributed by atoms with Gasteiger partial charge in [0.2, 0.25) is 0 Å². The molecule has 2 aromatic rings. The molecule has 0 aliphatic rings. The van der Waals surface area contributed by atoms with Crippen molar-refractivity contribution in [2.75, 3.05) is 13.2 Å². The third-order valence-corrected chi connectivity index (χ3v) is 3.49. The first kappa shape index (κ1) is 16.4. The van der Waals surface area contributed by atoms with Crippen LogP contribution in [-0.4, -0.2) is 24.0 Å². The van der Waals surface area contributed by atoms with Gasteiger partial charge in [0.1, 0.15) is 5.75 Å². The normalized spacial score (nSPS) is 10.3. The molecule has 0 aromatic heterocycles. The van der Waals surface area contributed by atoms with Crippen molar-refractivity contribution in [2.45, 2.75) is 19.9 Å². The monoisotopic (exact) mass is 317 g/mol. The molecule has 0 bridgehead atoms. The first-order chi connectivity index (χ1) is 10.7. The topological polar surface area (TPSA) is 29.5 Å². The van der Waals surface area contributed by atoms with Crippen LogP contribution in [0.2, 0.25) is 5.02 Å². The number of amides is 1. The largest absolute Gasteiger partial charge is 0.484 e. The molecular formula is C18H20ClNO2. The fraction of sp³-hybridized carbons (Fsp3) is 0.278. The van der Waals surface area contributed by atoms with Crippen LogP contribution in [0.1, 0.15) is 18.9 Å². The summed E-state index contributed by atoms with van der Waals surface area (Å²) in [5, 5.41) is 0.648. The second-order valence-electron chi connectivity index (χ2n) is 5.04. The minimum Gasteiger partial charge on any atom is -0.484 e. The summed E-state index contributed by atoms with van der Waals surface area (Å²) >= 11 is 5.83. The Bertz CT molecular complexity index is 584. The highest BCUT2D eigenvalue weighted by molar-refractivity contribution is 6.30. The highest BCUT2D eigenvalue weighted by atomic mass is 35.5. The van der Waals surface area contributed by atoms with Crippen LogP contribution >= 0.6 is 11.6 Å². The van der Waals surface area contributed by atoms with E-state index in [1.807, 2.05) is 35.2 Å². The van der Waals surface area contributed by atoms with Gasteiger partial charge in [0.25, 0.3) is 5.91 Å². The van der Waals surface area contributed by atoms with Crippen molar-refractivity contribution in [3.05, 3.63) is 65.2 Å². The van der Waals surface area contributed by atoms with E-state index in [2.05, 4.69) is 6.92 Å². The van der Waals surface area contributed by atoms with Crippen molar-refractivity contribution >= 4 is 17.5 Å². The molecule has 4 heteroatoms. The minimum absolute atomic E-state index is 0.0133. The number of nitrogens with zero attached hydrogens (tertiary/aromatic N) is 1. The lowest BCUT2D eigenvalue weighted by atomic mass is 10.2. The zero-order valence-corrected chi connectivity index (χ0v) is 13.4. The summed E-state index contributed by atoms with van der Waals surface area (Å²) in [5.74, 6) is 0.634. The number of hydrogen-bond acceptors (Lipinski definition) is 2. The van der Waals surface area contributed by atoms with Crippen molar-refractivity contribution in [3.8, 4) is 5.75 Å². The van der Waals surface area contributed by atoms with Gasteiger partial charge >= 0.3 is 0 Å². The number of hydrogen-bond donors (Lipinski definition) is 0. The summed E-state index contributed by atoms with van der Waals surface area (Å²) in [4.78, 5) is 14.2. The molecule has 0 saturated carbocycles. The van der Waals surface area contributed by atoms with Crippen LogP contribution in [0.15, 0.2) is 54.6 Å². The minimum atomic E-state index is -0.0133. The number of benzene rings is 2. The van der Waals surface area contributed by atoms with Crippen molar-refractivity contribution in [3.63, 3.8) is 0 Å². The Morgan fingerprint density at radius 1 is 1.09 bits per heavy atom. The van der Waals surface area contributed by atoms with Crippen LogP contribution in [0.3, 0.4) is 0 Å². The standard InChI is InChI=1S/C18H20ClNO2/c1-2-12-20(13-15-6-4-3-5-7-15)18(21)14-22-17-10-8-16(19)9-11-17/h3-11H,2,12-14H2,1H3. The van der Waals surface area contributed by atoms with Gasteiger partial charge in [0.15, 0.2) is 6.61 Å². The quantitative estimate of drug-likeness (QED) is 0.767. The molecule has 0 aliphatic carbocycles. The van der Waals surface area contributed by atoms with Gasteiger partial charge in [-0.25, -0.2) is 0 Å². The molecule has 2 aromatic carbocycles. The van der Waals surface area contributed by atoms with E-state index in [9.17, 15) is 4.79 Å². The van der Waals surface area contributed by atoms with E-state index >= 15 is 0 Å². The van der Waals surface area contributed by atoms with Gasteiger partial charge in [0, 0.05) is 18.1 Å². The van der Waals surface area contributed by atoms with Crippen molar-refractivity contribution < 1.29 is 9.53 Å². The zero-order chi connectivity index (χ0) is 15.8. The molecule has 1 amide bonds. The Balaban J connectivity index is 1.93.